The summed E-state index contributed by atoms with van der Waals surface area (Å²) in [6.45, 7) is 10.2. The van der Waals surface area contributed by atoms with Gasteiger partial charge in [0, 0.05) is 42.5 Å². The van der Waals surface area contributed by atoms with E-state index in [4.69, 9.17) is 11.6 Å². The van der Waals surface area contributed by atoms with E-state index in [1.807, 2.05) is 42.5 Å². The Balaban J connectivity index is 1.29. The number of anilines is 1. The Morgan fingerprint density at radius 1 is 0.818 bits per heavy atom. The molecule has 0 radical (unpaired) electrons. The molecule has 172 valence electrons. The topological polar surface area (TPSA) is 35.6 Å². The zero-order chi connectivity index (χ0) is 23.2. The fourth-order valence-corrected chi connectivity index (χ4v) is 4.49. The van der Waals surface area contributed by atoms with Crippen molar-refractivity contribution >= 4 is 23.2 Å². The van der Waals surface area contributed by atoms with Crippen molar-refractivity contribution in [3.8, 4) is 0 Å². The minimum Gasteiger partial charge on any atom is -0.322 e. The molecule has 0 aromatic heterocycles. The minimum atomic E-state index is -0.0729. The van der Waals surface area contributed by atoms with Gasteiger partial charge in [0.15, 0.2) is 0 Å². The summed E-state index contributed by atoms with van der Waals surface area (Å²) in [7, 11) is 0. The molecule has 4 nitrogen and oxygen atoms in total. The Morgan fingerprint density at radius 2 is 1.52 bits per heavy atom. The molecule has 3 aromatic rings. The number of benzene rings is 3. The number of halogens is 1. The standard InChI is InChI=1S/C28H32ClN3O/c1-21-7-12-27(17-22(21)2)30-28(33)25-10-8-23(9-11-25)19-31-13-4-14-32(16-15-31)20-24-5-3-6-26(29)18-24/h3,5-12,17-18H,4,13-16,19-20H2,1-2H3,(H,30,33). The number of nitrogens with zero attached hydrogens (tertiary/aromatic N) is 2. The van der Waals surface area contributed by atoms with Crippen LogP contribution in [0.4, 0.5) is 5.69 Å². The quantitative estimate of drug-likeness (QED) is 0.495. The van der Waals surface area contributed by atoms with Crippen LogP contribution in [0.15, 0.2) is 66.7 Å². The average molecular weight is 462 g/mol. The van der Waals surface area contributed by atoms with Gasteiger partial charge in [0.25, 0.3) is 5.91 Å². The molecule has 1 saturated heterocycles. The van der Waals surface area contributed by atoms with Crippen molar-refractivity contribution in [1.82, 2.24) is 9.80 Å². The summed E-state index contributed by atoms with van der Waals surface area (Å²) in [5, 5.41) is 3.80. The second kappa shape index (κ2) is 11.0. The molecule has 1 heterocycles. The van der Waals surface area contributed by atoms with E-state index < -0.39 is 0 Å². The Morgan fingerprint density at radius 3 is 2.18 bits per heavy atom. The smallest absolute Gasteiger partial charge is 0.255 e. The molecule has 0 spiro atoms. The van der Waals surface area contributed by atoms with Crippen LogP contribution in [-0.4, -0.2) is 41.9 Å². The van der Waals surface area contributed by atoms with E-state index in [9.17, 15) is 4.79 Å². The summed E-state index contributed by atoms with van der Waals surface area (Å²) in [5.41, 5.74) is 6.41. The van der Waals surface area contributed by atoms with Gasteiger partial charge in [-0.2, -0.15) is 0 Å². The number of hydrogen-bond donors (Lipinski definition) is 1. The molecule has 1 fully saturated rings. The highest BCUT2D eigenvalue weighted by Crippen LogP contribution is 2.17. The lowest BCUT2D eigenvalue weighted by atomic mass is 10.1. The number of nitrogens with one attached hydrogen (secondary N) is 1. The molecule has 33 heavy (non-hydrogen) atoms. The lowest BCUT2D eigenvalue weighted by Gasteiger charge is -2.22. The number of hydrogen-bond acceptors (Lipinski definition) is 3. The van der Waals surface area contributed by atoms with E-state index in [1.54, 1.807) is 0 Å². The van der Waals surface area contributed by atoms with Crippen molar-refractivity contribution in [1.29, 1.82) is 0 Å². The third-order valence-electron chi connectivity index (χ3n) is 6.36. The molecular weight excluding hydrogens is 430 g/mol. The van der Waals surface area contributed by atoms with Gasteiger partial charge in [-0.25, -0.2) is 0 Å². The van der Waals surface area contributed by atoms with Gasteiger partial charge in [0.2, 0.25) is 0 Å². The Labute approximate surface area is 202 Å². The molecule has 0 aliphatic carbocycles. The first-order valence-corrected chi connectivity index (χ1v) is 12.0. The van der Waals surface area contributed by atoms with Gasteiger partial charge in [-0.05, 0) is 92.0 Å². The predicted octanol–water partition coefficient (Wildman–Crippen LogP) is 5.92. The molecule has 1 aliphatic rings. The number of aryl methyl sites for hydroxylation is 2. The summed E-state index contributed by atoms with van der Waals surface area (Å²) < 4.78 is 0. The summed E-state index contributed by atoms with van der Waals surface area (Å²) >= 11 is 6.14. The summed E-state index contributed by atoms with van der Waals surface area (Å²) in [6, 6.07) is 22.1. The average Bonchev–Trinajstić information content (AvgIpc) is 3.02. The van der Waals surface area contributed by atoms with Crippen LogP contribution in [0.25, 0.3) is 0 Å². The normalized spacial score (nSPS) is 15.2. The summed E-state index contributed by atoms with van der Waals surface area (Å²) in [6.07, 6.45) is 1.15. The molecule has 0 bridgehead atoms. The van der Waals surface area contributed by atoms with Crippen LogP contribution >= 0.6 is 11.6 Å². The molecule has 1 N–H and O–H groups in total. The van der Waals surface area contributed by atoms with Crippen LogP contribution in [0, 0.1) is 13.8 Å². The lowest BCUT2D eigenvalue weighted by molar-refractivity contribution is 0.102. The Kier molecular flexibility index (Phi) is 7.81. The zero-order valence-corrected chi connectivity index (χ0v) is 20.2. The Hall–Kier alpha value is -2.66. The second-order valence-electron chi connectivity index (χ2n) is 8.99. The van der Waals surface area contributed by atoms with E-state index in [0.717, 1.165) is 56.4 Å². The van der Waals surface area contributed by atoms with Gasteiger partial charge in [0.05, 0.1) is 0 Å². The molecule has 0 unspecified atom stereocenters. The molecule has 0 saturated carbocycles. The fourth-order valence-electron chi connectivity index (χ4n) is 4.28. The van der Waals surface area contributed by atoms with Crippen molar-refractivity contribution in [2.24, 2.45) is 0 Å². The van der Waals surface area contributed by atoms with E-state index in [-0.39, 0.29) is 5.91 Å². The summed E-state index contributed by atoms with van der Waals surface area (Å²) in [4.78, 5) is 17.6. The monoisotopic (exact) mass is 461 g/mol. The number of carbonyl (C=O) groups excluding carboxylic acids is 1. The number of amides is 1. The highest BCUT2D eigenvalue weighted by Gasteiger charge is 2.16. The van der Waals surface area contributed by atoms with Crippen molar-refractivity contribution < 1.29 is 4.79 Å². The first kappa shape index (κ1) is 23.5. The molecule has 4 rings (SSSR count). The minimum absolute atomic E-state index is 0.0729. The van der Waals surface area contributed by atoms with Gasteiger partial charge in [-0.15, -0.1) is 0 Å². The van der Waals surface area contributed by atoms with Crippen molar-refractivity contribution in [2.75, 3.05) is 31.5 Å². The van der Waals surface area contributed by atoms with E-state index >= 15 is 0 Å². The Bertz CT molecular complexity index is 1100. The van der Waals surface area contributed by atoms with Crippen LogP contribution < -0.4 is 5.32 Å². The van der Waals surface area contributed by atoms with Gasteiger partial charge in [-0.3, -0.25) is 14.6 Å². The molecule has 3 aromatic carbocycles. The van der Waals surface area contributed by atoms with E-state index in [1.165, 1.54) is 22.3 Å². The molecule has 1 aliphatic heterocycles. The van der Waals surface area contributed by atoms with Gasteiger partial charge in [-0.1, -0.05) is 41.9 Å². The highest BCUT2D eigenvalue weighted by atomic mass is 35.5. The van der Waals surface area contributed by atoms with E-state index in [0.29, 0.717) is 5.56 Å². The lowest BCUT2D eigenvalue weighted by Crippen LogP contribution is -2.30. The highest BCUT2D eigenvalue weighted by molar-refractivity contribution is 6.30. The molecular formula is C28H32ClN3O. The number of rotatable bonds is 6. The SMILES string of the molecule is Cc1ccc(NC(=O)c2ccc(CN3CCCN(Cc4cccc(Cl)c4)CC3)cc2)cc1C. The van der Waals surface area contributed by atoms with Gasteiger partial charge >= 0.3 is 0 Å². The fraction of sp³-hybridized carbons (Fsp3) is 0.321. The van der Waals surface area contributed by atoms with Gasteiger partial charge in [0.1, 0.15) is 0 Å². The van der Waals surface area contributed by atoms with Crippen LogP contribution in [-0.2, 0) is 13.1 Å². The first-order chi connectivity index (χ1) is 16.0. The van der Waals surface area contributed by atoms with Crippen LogP contribution in [0.3, 0.4) is 0 Å². The number of carbonyl (C=O) groups is 1. The maximum Gasteiger partial charge on any atom is 0.255 e. The van der Waals surface area contributed by atoms with Crippen LogP contribution in [0.1, 0.15) is 39.0 Å². The molecule has 5 heteroatoms. The maximum atomic E-state index is 12.6. The van der Waals surface area contributed by atoms with Crippen molar-refractivity contribution in [2.45, 2.75) is 33.4 Å². The third-order valence-corrected chi connectivity index (χ3v) is 6.60. The van der Waals surface area contributed by atoms with Crippen molar-refractivity contribution in [3.63, 3.8) is 0 Å². The first-order valence-electron chi connectivity index (χ1n) is 11.6. The maximum absolute atomic E-state index is 12.6. The zero-order valence-electron chi connectivity index (χ0n) is 19.5. The second-order valence-corrected chi connectivity index (χ2v) is 9.42. The molecule has 0 atom stereocenters. The van der Waals surface area contributed by atoms with Crippen LogP contribution in [0.2, 0.25) is 5.02 Å². The van der Waals surface area contributed by atoms with Crippen LogP contribution in [0.5, 0.6) is 0 Å². The van der Waals surface area contributed by atoms with E-state index in [2.05, 4.69) is 53.2 Å². The predicted molar refractivity (Wildman–Crippen MR) is 137 cm³/mol. The largest absolute Gasteiger partial charge is 0.322 e. The van der Waals surface area contributed by atoms with Gasteiger partial charge < -0.3 is 5.32 Å². The third kappa shape index (κ3) is 6.67. The molecule has 1 amide bonds. The van der Waals surface area contributed by atoms with Crippen molar-refractivity contribution in [3.05, 3.63) is 99.6 Å². The summed E-state index contributed by atoms with van der Waals surface area (Å²) in [5.74, 6) is -0.0729.